The van der Waals surface area contributed by atoms with Crippen LogP contribution >= 0.6 is 11.6 Å². The molecule has 33 heavy (non-hydrogen) atoms. The Labute approximate surface area is 198 Å². The molecule has 3 rings (SSSR count). The zero-order chi connectivity index (χ0) is 24.0. The van der Waals surface area contributed by atoms with Gasteiger partial charge in [-0.1, -0.05) is 41.4 Å². The average molecular weight is 491 g/mol. The molecule has 0 unspecified atom stereocenters. The van der Waals surface area contributed by atoms with Gasteiger partial charge in [0.2, 0.25) is 5.91 Å². The predicted octanol–water partition coefficient (Wildman–Crippen LogP) is 4.35. The van der Waals surface area contributed by atoms with Crippen LogP contribution in [0.4, 0.5) is 10.1 Å². The van der Waals surface area contributed by atoms with Gasteiger partial charge < -0.3 is 10.1 Å². The van der Waals surface area contributed by atoms with Gasteiger partial charge in [0.1, 0.15) is 18.1 Å². The van der Waals surface area contributed by atoms with Crippen LogP contribution in [0, 0.1) is 12.7 Å². The number of halogens is 2. The van der Waals surface area contributed by atoms with Gasteiger partial charge in [0, 0.05) is 6.54 Å². The minimum atomic E-state index is -4.05. The second-order valence-corrected chi connectivity index (χ2v) is 9.64. The molecule has 0 aromatic heterocycles. The van der Waals surface area contributed by atoms with Gasteiger partial charge >= 0.3 is 0 Å². The molecule has 1 amide bonds. The van der Waals surface area contributed by atoms with Crippen molar-refractivity contribution >= 4 is 33.2 Å². The fourth-order valence-electron chi connectivity index (χ4n) is 3.15. The molecule has 3 aromatic rings. The van der Waals surface area contributed by atoms with E-state index in [2.05, 4.69) is 5.32 Å². The van der Waals surface area contributed by atoms with Gasteiger partial charge in [-0.2, -0.15) is 0 Å². The van der Waals surface area contributed by atoms with Gasteiger partial charge in [-0.3, -0.25) is 9.10 Å². The number of nitrogens with zero attached hydrogens (tertiary/aromatic N) is 1. The third kappa shape index (κ3) is 6.24. The van der Waals surface area contributed by atoms with E-state index >= 15 is 0 Å². The van der Waals surface area contributed by atoms with E-state index in [0.717, 1.165) is 15.4 Å². The highest BCUT2D eigenvalue weighted by atomic mass is 35.5. The topological polar surface area (TPSA) is 75.7 Å². The number of hydrogen-bond donors (Lipinski definition) is 1. The van der Waals surface area contributed by atoms with Crippen molar-refractivity contribution < 1.29 is 22.3 Å². The highest BCUT2D eigenvalue weighted by Crippen LogP contribution is 2.31. The summed E-state index contributed by atoms with van der Waals surface area (Å²) in [5.74, 6) is -0.436. The van der Waals surface area contributed by atoms with Crippen LogP contribution in [0.1, 0.15) is 11.1 Å². The SMILES string of the molecule is COc1ccc(N(CC(=O)NCCc2ccc(F)cc2)S(=O)(=O)c2ccc(C)cc2)cc1Cl. The van der Waals surface area contributed by atoms with Crippen LogP contribution < -0.4 is 14.4 Å². The van der Waals surface area contributed by atoms with Gasteiger partial charge in [0.05, 0.1) is 22.7 Å². The van der Waals surface area contributed by atoms with Crippen LogP contribution in [-0.2, 0) is 21.2 Å². The lowest BCUT2D eigenvalue weighted by molar-refractivity contribution is -0.119. The predicted molar refractivity (Wildman–Crippen MR) is 127 cm³/mol. The van der Waals surface area contributed by atoms with Crippen molar-refractivity contribution in [2.24, 2.45) is 0 Å². The van der Waals surface area contributed by atoms with Crippen molar-refractivity contribution in [1.82, 2.24) is 5.32 Å². The Balaban J connectivity index is 1.82. The largest absolute Gasteiger partial charge is 0.495 e. The maximum absolute atomic E-state index is 13.4. The summed E-state index contributed by atoms with van der Waals surface area (Å²) in [7, 11) is -2.60. The van der Waals surface area contributed by atoms with Crippen molar-refractivity contribution in [3.63, 3.8) is 0 Å². The maximum atomic E-state index is 13.4. The average Bonchev–Trinajstić information content (AvgIpc) is 2.79. The van der Waals surface area contributed by atoms with Gasteiger partial charge in [-0.15, -0.1) is 0 Å². The number of ether oxygens (including phenoxy) is 1. The van der Waals surface area contributed by atoms with Crippen molar-refractivity contribution in [2.45, 2.75) is 18.2 Å². The number of amides is 1. The molecule has 3 aromatic carbocycles. The van der Waals surface area contributed by atoms with E-state index in [9.17, 15) is 17.6 Å². The van der Waals surface area contributed by atoms with Crippen LogP contribution in [0.2, 0.25) is 5.02 Å². The first kappa shape index (κ1) is 24.5. The highest BCUT2D eigenvalue weighted by Gasteiger charge is 2.27. The number of benzene rings is 3. The second kappa shape index (κ2) is 10.7. The highest BCUT2D eigenvalue weighted by molar-refractivity contribution is 7.92. The smallest absolute Gasteiger partial charge is 0.264 e. The summed E-state index contributed by atoms with van der Waals surface area (Å²) in [6, 6.07) is 16.8. The number of sulfonamides is 1. The third-order valence-corrected chi connectivity index (χ3v) is 7.05. The lowest BCUT2D eigenvalue weighted by Gasteiger charge is -2.24. The van der Waals surface area contributed by atoms with Crippen molar-refractivity contribution in [2.75, 3.05) is 24.5 Å². The molecule has 0 spiro atoms. The van der Waals surface area contributed by atoms with Crippen molar-refractivity contribution in [3.05, 3.63) is 88.7 Å². The zero-order valence-electron chi connectivity index (χ0n) is 18.2. The van der Waals surface area contributed by atoms with E-state index in [1.807, 2.05) is 6.92 Å². The Hall–Kier alpha value is -3.10. The second-order valence-electron chi connectivity index (χ2n) is 7.37. The molecule has 9 heteroatoms. The first-order valence-corrected chi connectivity index (χ1v) is 12.0. The molecule has 0 heterocycles. The lowest BCUT2D eigenvalue weighted by Crippen LogP contribution is -2.41. The van der Waals surface area contributed by atoms with Crippen LogP contribution in [0.3, 0.4) is 0 Å². The molecular weight excluding hydrogens is 467 g/mol. The lowest BCUT2D eigenvalue weighted by atomic mass is 10.1. The molecule has 0 saturated carbocycles. The van der Waals surface area contributed by atoms with Gasteiger partial charge in [-0.25, -0.2) is 12.8 Å². The Morgan fingerprint density at radius 3 is 2.33 bits per heavy atom. The van der Waals surface area contributed by atoms with E-state index in [0.29, 0.717) is 12.2 Å². The van der Waals surface area contributed by atoms with E-state index in [1.54, 1.807) is 30.3 Å². The first-order valence-electron chi connectivity index (χ1n) is 10.1. The number of hydrogen-bond acceptors (Lipinski definition) is 4. The molecule has 0 atom stereocenters. The van der Waals surface area contributed by atoms with Crippen molar-refractivity contribution in [3.8, 4) is 5.75 Å². The van der Waals surface area contributed by atoms with E-state index in [4.69, 9.17) is 16.3 Å². The zero-order valence-corrected chi connectivity index (χ0v) is 19.8. The molecule has 1 N–H and O–H groups in total. The summed E-state index contributed by atoms with van der Waals surface area (Å²) in [6.07, 6.45) is 0.477. The summed E-state index contributed by atoms with van der Waals surface area (Å²) >= 11 is 6.22. The van der Waals surface area contributed by atoms with Gasteiger partial charge in [0.15, 0.2) is 0 Å². The number of carbonyl (C=O) groups is 1. The van der Waals surface area contributed by atoms with Crippen LogP contribution in [0.15, 0.2) is 71.6 Å². The molecule has 0 aliphatic carbocycles. The molecule has 0 fully saturated rings. The van der Waals surface area contributed by atoms with Crippen LogP contribution in [-0.4, -0.2) is 34.5 Å². The Bertz CT molecular complexity index is 1220. The quantitative estimate of drug-likeness (QED) is 0.484. The van der Waals surface area contributed by atoms with Crippen LogP contribution in [0.25, 0.3) is 0 Å². The molecular formula is C24H24ClFN2O4S. The summed E-state index contributed by atoms with van der Waals surface area (Å²) in [5.41, 5.74) is 1.99. The molecule has 6 nitrogen and oxygen atoms in total. The Kier molecular flexibility index (Phi) is 7.94. The molecule has 174 valence electrons. The summed E-state index contributed by atoms with van der Waals surface area (Å²) in [5, 5.41) is 2.94. The molecule has 0 saturated heterocycles. The number of aryl methyl sites for hydroxylation is 1. The monoisotopic (exact) mass is 490 g/mol. The standard InChI is InChI=1S/C24H24ClFN2O4S/c1-17-3-10-21(11-4-17)33(30,31)28(20-9-12-23(32-2)22(25)15-20)16-24(29)27-14-13-18-5-7-19(26)8-6-18/h3-12,15H,13-14,16H2,1-2H3,(H,27,29). The van der Waals surface area contributed by atoms with E-state index in [-0.39, 0.29) is 28.0 Å². The normalized spacial score (nSPS) is 11.2. The Morgan fingerprint density at radius 1 is 1.06 bits per heavy atom. The minimum absolute atomic E-state index is 0.0548. The molecule has 0 radical (unpaired) electrons. The molecule has 0 aliphatic heterocycles. The number of nitrogens with one attached hydrogen (secondary N) is 1. The fraction of sp³-hybridized carbons (Fsp3) is 0.208. The van der Waals surface area contributed by atoms with Gasteiger partial charge in [0.25, 0.3) is 10.0 Å². The summed E-state index contributed by atoms with van der Waals surface area (Å²) in [6.45, 7) is 1.68. The number of carbonyl (C=O) groups excluding carboxylic acids is 1. The number of anilines is 1. The summed E-state index contributed by atoms with van der Waals surface area (Å²) < 4.78 is 46.0. The van der Waals surface area contributed by atoms with Crippen LogP contribution in [0.5, 0.6) is 5.75 Å². The Morgan fingerprint density at radius 2 is 1.73 bits per heavy atom. The maximum Gasteiger partial charge on any atom is 0.264 e. The number of rotatable bonds is 9. The molecule has 0 aliphatic rings. The van der Waals surface area contributed by atoms with Crippen molar-refractivity contribution in [1.29, 1.82) is 0 Å². The van der Waals surface area contributed by atoms with E-state index < -0.39 is 22.5 Å². The third-order valence-electron chi connectivity index (χ3n) is 4.97. The fourth-order valence-corrected chi connectivity index (χ4v) is 4.81. The number of methoxy groups -OCH3 is 1. The first-order chi connectivity index (χ1) is 15.7. The van der Waals surface area contributed by atoms with E-state index in [1.165, 1.54) is 43.5 Å². The van der Waals surface area contributed by atoms with Gasteiger partial charge in [-0.05, 0) is 61.4 Å². The summed E-state index contributed by atoms with van der Waals surface area (Å²) in [4.78, 5) is 12.7. The molecule has 0 bridgehead atoms. The minimum Gasteiger partial charge on any atom is -0.495 e.